The lowest BCUT2D eigenvalue weighted by Gasteiger charge is -2.30. The summed E-state index contributed by atoms with van der Waals surface area (Å²) in [5, 5.41) is 6.59. The van der Waals surface area contributed by atoms with Gasteiger partial charge in [0.2, 0.25) is 6.79 Å². The van der Waals surface area contributed by atoms with E-state index in [1.54, 1.807) is 13.1 Å². The molecule has 0 saturated heterocycles. The zero-order chi connectivity index (χ0) is 21.4. The molecule has 3 rings (SSSR count). The van der Waals surface area contributed by atoms with Gasteiger partial charge in [-0.25, -0.2) is 0 Å². The molecular weight excluding hydrogens is 396 g/mol. The maximum absolute atomic E-state index is 12.8. The predicted molar refractivity (Wildman–Crippen MR) is 109 cm³/mol. The second-order valence-electron chi connectivity index (χ2n) is 7.63. The van der Waals surface area contributed by atoms with Crippen LogP contribution in [0.1, 0.15) is 44.6 Å². The number of aliphatic imine (C=N–C) groups is 1. The summed E-state index contributed by atoms with van der Waals surface area (Å²) in [6, 6.07) is 3.09. The molecule has 0 amide bonds. The Hall–Kier alpha value is -2.29. The maximum atomic E-state index is 12.8. The Bertz CT molecular complexity index is 724. The van der Waals surface area contributed by atoms with Gasteiger partial charge in [-0.3, -0.25) is 4.99 Å². The molecule has 0 aromatic heterocycles. The minimum Gasteiger partial charge on any atom is -0.454 e. The van der Waals surface area contributed by atoms with Gasteiger partial charge >= 0.3 is 6.61 Å². The van der Waals surface area contributed by atoms with Gasteiger partial charge in [-0.2, -0.15) is 8.78 Å². The molecule has 1 aliphatic carbocycles. The lowest BCUT2D eigenvalue weighted by molar-refractivity contribution is -0.0505. The maximum Gasteiger partial charge on any atom is 0.387 e. The van der Waals surface area contributed by atoms with E-state index in [2.05, 4.69) is 20.4 Å². The minimum absolute atomic E-state index is 0.0566. The number of halogens is 2. The zero-order valence-electron chi connectivity index (χ0n) is 17.6. The van der Waals surface area contributed by atoms with Crippen molar-refractivity contribution in [3.8, 4) is 17.2 Å². The number of nitrogens with one attached hydrogen (secondary N) is 2. The van der Waals surface area contributed by atoms with Crippen molar-refractivity contribution >= 4 is 5.96 Å². The molecule has 0 radical (unpaired) electrons. The predicted octanol–water partition coefficient (Wildman–Crippen LogP) is 3.67. The fraction of sp³-hybridized carbons (Fsp3) is 0.667. The minimum atomic E-state index is -2.92. The second kappa shape index (κ2) is 10.7. The summed E-state index contributed by atoms with van der Waals surface area (Å²) in [6.45, 7) is 1.68. The van der Waals surface area contributed by atoms with Crippen LogP contribution in [0.2, 0.25) is 0 Å². The number of benzene rings is 1. The first kappa shape index (κ1) is 22.4. The van der Waals surface area contributed by atoms with Crippen molar-refractivity contribution < 1.29 is 27.7 Å². The zero-order valence-corrected chi connectivity index (χ0v) is 17.6. The Labute approximate surface area is 176 Å². The van der Waals surface area contributed by atoms with Gasteiger partial charge in [0, 0.05) is 45.0 Å². The lowest BCUT2D eigenvalue weighted by Crippen LogP contribution is -2.43. The molecule has 1 aliphatic heterocycles. The summed E-state index contributed by atoms with van der Waals surface area (Å²) in [5.41, 5.74) is 0.740. The van der Waals surface area contributed by atoms with Crippen LogP contribution in [0.25, 0.3) is 0 Å². The third kappa shape index (κ3) is 5.87. The van der Waals surface area contributed by atoms with E-state index in [0.29, 0.717) is 23.0 Å². The number of fused-ring (bicyclic) bond motifs is 1. The monoisotopic (exact) mass is 427 g/mol. The van der Waals surface area contributed by atoms with Gasteiger partial charge in [0.1, 0.15) is 5.75 Å². The molecule has 2 N–H and O–H groups in total. The topological polar surface area (TPSA) is 73.3 Å². The van der Waals surface area contributed by atoms with Crippen molar-refractivity contribution in [3.05, 3.63) is 17.7 Å². The van der Waals surface area contributed by atoms with Crippen LogP contribution in [-0.2, 0) is 11.3 Å². The van der Waals surface area contributed by atoms with Crippen molar-refractivity contribution in [2.24, 2.45) is 10.4 Å². The highest BCUT2D eigenvalue weighted by atomic mass is 19.3. The molecule has 0 atom stereocenters. The van der Waals surface area contributed by atoms with Gasteiger partial charge in [0.15, 0.2) is 17.5 Å². The van der Waals surface area contributed by atoms with Gasteiger partial charge in [0.25, 0.3) is 0 Å². The highest BCUT2D eigenvalue weighted by Gasteiger charge is 2.33. The van der Waals surface area contributed by atoms with Crippen molar-refractivity contribution in [1.29, 1.82) is 0 Å². The van der Waals surface area contributed by atoms with Crippen molar-refractivity contribution in [1.82, 2.24) is 10.6 Å². The highest BCUT2D eigenvalue weighted by molar-refractivity contribution is 5.79. The van der Waals surface area contributed by atoms with Crippen LogP contribution in [0.5, 0.6) is 17.2 Å². The van der Waals surface area contributed by atoms with E-state index in [1.807, 2.05) is 6.92 Å². The highest BCUT2D eigenvalue weighted by Crippen LogP contribution is 2.41. The number of nitrogens with zero attached hydrogens (tertiary/aromatic N) is 1. The van der Waals surface area contributed by atoms with Crippen LogP contribution >= 0.6 is 0 Å². The Morgan fingerprint density at radius 1 is 1.20 bits per heavy atom. The fourth-order valence-electron chi connectivity index (χ4n) is 4.05. The summed E-state index contributed by atoms with van der Waals surface area (Å²) in [6.07, 6.45) is 5.80. The summed E-state index contributed by atoms with van der Waals surface area (Å²) in [5.74, 6) is 1.58. The molecular formula is C21H31F2N3O4. The smallest absolute Gasteiger partial charge is 0.387 e. The molecule has 2 aliphatic rings. The van der Waals surface area contributed by atoms with Crippen molar-refractivity contribution in [2.45, 2.75) is 52.2 Å². The van der Waals surface area contributed by atoms with E-state index in [4.69, 9.17) is 14.2 Å². The first-order chi connectivity index (χ1) is 14.5. The number of rotatable bonds is 10. The van der Waals surface area contributed by atoms with E-state index in [1.165, 1.54) is 31.7 Å². The molecule has 1 fully saturated rings. The van der Waals surface area contributed by atoms with Gasteiger partial charge in [-0.1, -0.05) is 12.8 Å². The van der Waals surface area contributed by atoms with Gasteiger partial charge in [-0.15, -0.1) is 0 Å². The first-order valence-electron chi connectivity index (χ1n) is 10.4. The molecule has 0 unspecified atom stereocenters. The molecule has 1 saturated carbocycles. The normalized spacial score (nSPS) is 17.4. The summed E-state index contributed by atoms with van der Waals surface area (Å²) in [7, 11) is 1.69. The number of hydrogen-bond donors (Lipinski definition) is 2. The Morgan fingerprint density at radius 3 is 2.60 bits per heavy atom. The van der Waals surface area contributed by atoms with Crippen LogP contribution in [0, 0.1) is 5.41 Å². The Balaban J connectivity index is 1.60. The van der Waals surface area contributed by atoms with Gasteiger partial charge in [-0.05, 0) is 37.7 Å². The standard InChI is InChI=1S/C21H31F2N3O4/c1-3-27-9-8-21(6-4-5-7-21)13-26-20(24-2)25-12-15-10-17-18(29-14-28-17)11-16(15)30-19(22)23/h10-11,19H,3-9,12-14H2,1-2H3,(H2,24,25,26). The van der Waals surface area contributed by atoms with E-state index < -0.39 is 6.61 Å². The second-order valence-corrected chi connectivity index (χ2v) is 7.63. The van der Waals surface area contributed by atoms with E-state index in [0.717, 1.165) is 26.2 Å². The number of alkyl halides is 2. The molecule has 9 heteroatoms. The largest absolute Gasteiger partial charge is 0.454 e. The summed E-state index contributed by atoms with van der Waals surface area (Å²) < 4.78 is 46.5. The number of hydrogen-bond acceptors (Lipinski definition) is 5. The summed E-state index contributed by atoms with van der Waals surface area (Å²) in [4.78, 5) is 4.27. The molecule has 30 heavy (non-hydrogen) atoms. The third-order valence-corrected chi connectivity index (χ3v) is 5.72. The van der Waals surface area contributed by atoms with E-state index in [-0.39, 0.29) is 24.5 Å². The molecule has 0 bridgehead atoms. The van der Waals surface area contributed by atoms with Crippen LogP contribution in [0.3, 0.4) is 0 Å². The summed E-state index contributed by atoms with van der Waals surface area (Å²) >= 11 is 0. The molecule has 168 valence electrons. The average molecular weight is 427 g/mol. The molecule has 1 aromatic carbocycles. The van der Waals surface area contributed by atoms with Crippen LogP contribution < -0.4 is 24.8 Å². The molecule has 0 spiro atoms. The van der Waals surface area contributed by atoms with Crippen LogP contribution in [0.4, 0.5) is 8.78 Å². The quantitative estimate of drug-likeness (QED) is 0.337. The van der Waals surface area contributed by atoms with E-state index >= 15 is 0 Å². The molecule has 7 nitrogen and oxygen atoms in total. The number of ether oxygens (including phenoxy) is 4. The fourth-order valence-corrected chi connectivity index (χ4v) is 4.05. The number of guanidine groups is 1. The molecule has 1 aromatic rings. The van der Waals surface area contributed by atoms with Crippen molar-refractivity contribution in [3.63, 3.8) is 0 Å². The van der Waals surface area contributed by atoms with Crippen LogP contribution in [0.15, 0.2) is 17.1 Å². The average Bonchev–Trinajstić information content (AvgIpc) is 3.37. The Morgan fingerprint density at radius 2 is 1.93 bits per heavy atom. The SMILES string of the molecule is CCOCCC1(CNC(=NC)NCc2cc3c(cc2OC(F)F)OCO3)CCCC1. The lowest BCUT2D eigenvalue weighted by atomic mass is 9.83. The van der Waals surface area contributed by atoms with Crippen molar-refractivity contribution in [2.75, 3.05) is 33.6 Å². The third-order valence-electron chi connectivity index (χ3n) is 5.72. The van der Waals surface area contributed by atoms with Gasteiger partial charge < -0.3 is 29.6 Å². The van der Waals surface area contributed by atoms with Crippen LogP contribution in [-0.4, -0.2) is 46.2 Å². The van der Waals surface area contributed by atoms with E-state index in [9.17, 15) is 8.78 Å². The first-order valence-corrected chi connectivity index (χ1v) is 10.4. The van der Waals surface area contributed by atoms with Gasteiger partial charge in [0.05, 0.1) is 0 Å². The molecule has 1 heterocycles. The Kier molecular flexibility index (Phi) is 7.95.